The molecule has 3 heterocycles. The van der Waals surface area contributed by atoms with Crippen molar-refractivity contribution in [3.8, 4) is 5.75 Å². The van der Waals surface area contributed by atoms with Crippen LogP contribution in [0.1, 0.15) is 36.7 Å². The molecule has 32 heavy (non-hydrogen) atoms. The van der Waals surface area contributed by atoms with Crippen LogP contribution in [0.5, 0.6) is 5.75 Å². The quantitative estimate of drug-likeness (QED) is 0.662. The number of ether oxygens (including phenoxy) is 1. The second kappa shape index (κ2) is 8.01. The molecule has 5 rings (SSSR count). The molecule has 1 aliphatic carbocycles. The van der Waals surface area contributed by atoms with Gasteiger partial charge in [-0.05, 0) is 48.6 Å². The largest absolute Gasteiger partial charge is 0.483 e. The van der Waals surface area contributed by atoms with Crippen LogP contribution in [-0.4, -0.2) is 49.6 Å². The summed E-state index contributed by atoms with van der Waals surface area (Å²) in [5, 5.41) is 0. The first kappa shape index (κ1) is 21.7. The smallest absolute Gasteiger partial charge is 0.227 e. The first-order valence-electron chi connectivity index (χ1n) is 11.2. The van der Waals surface area contributed by atoms with Gasteiger partial charge in [0.25, 0.3) is 0 Å². The van der Waals surface area contributed by atoms with E-state index in [1.54, 1.807) is 6.07 Å². The van der Waals surface area contributed by atoms with Gasteiger partial charge in [0.05, 0.1) is 18.9 Å². The Labute approximate surface area is 189 Å². The molecule has 8 heteroatoms. The van der Waals surface area contributed by atoms with Gasteiger partial charge in [0, 0.05) is 32.2 Å². The van der Waals surface area contributed by atoms with Crippen molar-refractivity contribution in [2.45, 2.75) is 45.4 Å². The minimum Gasteiger partial charge on any atom is -0.483 e. The molecule has 2 aromatic rings. The summed E-state index contributed by atoms with van der Waals surface area (Å²) in [5.41, 5.74) is 2.68. The molecule has 1 atom stereocenters. The Morgan fingerprint density at radius 2 is 1.94 bits per heavy atom. The molecule has 0 bridgehead atoms. The van der Waals surface area contributed by atoms with Crippen LogP contribution in [0.2, 0.25) is 0 Å². The molecule has 7 nitrogen and oxygen atoms in total. The highest BCUT2D eigenvalue weighted by Crippen LogP contribution is 2.53. The van der Waals surface area contributed by atoms with E-state index in [-0.39, 0.29) is 22.7 Å². The van der Waals surface area contributed by atoms with Crippen molar-refractivity contribution < 1.29 is 17.6 Å². The Hall–Kier alpha value is -2.16. The summed E-state index contributed by atoms with van der Waals surface area (Å²) in [7, 11) is -3.09. The molecule has 1 spiro atoms. The monoisotopic (exact) mass is 458 g/mol. The lowest BCUT2D eigenvalue weighted by Crippen LogP contribution is -2.64. The average molecular weight is 459 g/mol. The highest BCUT2D eigenvalue weighted by atomic mass is 32.2. The molecule has 0 radical (unpaired) electrons. The summed E-state index contributed by atoms with van der Waals surface area (Å²) in [5.74, 6) is 1.22. The van der Waals surface area contributed by atoms with E-state index in [1.807, 2.05) is 6.92 Å². The number of benzene rings is 1. The highest BCUT2D eigenvalue weighted by molar-refractivity contribution is 7.88. The molecule has 1 aromatic heterocycles. The SMILES string of the molecule is CC(Oc1coc(CN2CCc3ccccc3C2)cc1=O)C1CC2(C1)CN(S(C)(=O)=O)C2. The second-order valence-corrected chi connectivity index (χ2v) is 11.8. The van der Waals surface area contributed by atoms with Crippen LogP contribution in [0.25, 0.3) is 0 Å². The van der Waals surface area contributed by atoms with E-state index in [0.29, 0.717) is 31.3 Å². The van der Waals surface area contributed by atoms with E-state index in [0.717, 1.165) is 32.4 Å². The van der Waals surface area contributed by atoms with Crippen LogP contribution in [0.3, 0.4) is 0 Å². The zero-order valence-electron chi connectivity index (χ0n) is 18.6. The first-order chi connectivity index (χ1) is 15.2. The third kappa shape index (κ3) is 4.23. The minimum absolute atomic E-state index is 0.104. The van der Waals surface area contributed by atoms with Gasteiger partial charge in [0.1, 0.15) is 12.0 Å². The molecule has 1 aromatic carbocycles. The molecule has 172 valence electrons. The number of rotatable bonds is 6. The predicted molar refractivity (Wildman–Crippen MR) is 121 cm³/mol. The Bertz CT molecular complexity index is 1160. The number of hydrogen-bond donors (Lipinski definition) is 0. The first-order valence-corrected chi connectivity index (χ1v) is 13.1. The highest BCUT2D eigenvalue weighted by Gasteiger charge is 2.56. The van der Waals surface area contributed by atoms with Crippen molar-refractivity contribution in [3.05, 3.63) is 63.7 Å². The zero-order chi connectivity index (χ0) is 22.5. The third-order valence-corrected chi connectivity index (χ3v) is 8.50. The van der Waals surface area contributed by atoms with Crippen LogP contribution in [0.4, 0.5) is 0 Å². The summed E-state index contributed by atoms with van der Waals surface area (Å²) < 4.78 is 36.4. The van der Waals surface area contributed by atoms with Crippen molar-refractivity contribution in [1.82, 2.24) is 9.21 Å². The molecule has 1 saturated heterocycles. The lowest BCUT2D eigenvalue weighted by Gasteiger charge is -2.59. The summed E-state index contributed by atoms with van der Waals surface area (Å²) in [6.07, 6.45) is 5.45. The number of sulfonamides is 1. The zero-order valence-corrected chi connectivity index (χ0v) is 19.4. The van der Waals surface area contributed by atoms with Crippen LogP contribution < -0.4 is 10.2 Å². The Morgan fingerprint density at radius 3 is 2.62 bits per heavy atom. The van der Waals surface area contributed by atoms with Gasteiger partial charge in [-0.15, -0.1) is 0 Å². The molecule has 0 amide bonds. The average Bonchev–Trinajstić information content (AvgIpc) is 2.67. The fourth-order valence-electron chi connectivity index (χ4n) is 5.39. The molecule has 1 unspecified atom stereocenters. The fraction of sp³-hybridized carbons (Fsp3) is 0.542. The maximum atomic E-state index is 12.6. The van der Waals surface area contributed by atoms with Crippen molar-refractivity contribution in [3.63, 3.8) is 0 Å². The Morgan fingerprint density at radius 1 is 1.22 bits per heavy atom. The predicted octanol–water partition coefficient (Wildman–Crippen LogP) is 2.64. The van der Waals surface area contributed by atoms with Gasteiger partial charge < -0.3 is 9.15 Å². The number of fused-ring (bicyclic) bond motifs is 1. The Kier molecular flexibility index (Phi) is 5.42. The van der Waals surface area contributed by atoms with Gasteiger partial charge >= 0.3 is 0 Å². The number of nitrogens with zero attached hydrogens (tertiary/aromatic N) is 2. The van der Waals surface area contributed by atoms with Gasteiger partial charge in [0.2, 0.25) is 21.2 Å². The molecule has 3 aliphatic rings. The summed E-state index contributed by atoms with van der Waals surface area (Å²) in [6.45, 7) is 5.58. The van der Waals surface area contributed by atoms with E-state index < -0.39 is 10.0 Å². The molecule has 0 N–H and O–H groups in total. The fourth-order valence-corrected chi connectivity index (χ4v) is 6.41. The van der Waals surface area contributed by atoms with Gasteiger partial charge in [-0.3, -0.25) is 9.69 Å². The lowest BCUT2D eigenvalue weighted by atomic mass is 9.57. The summed E-state index contributed by atoms with van der Waals surface area (Å²) in [4.78, 5) is 14.9. The normalized spacial score (nSPS) is 22.1. The third-order valence-electron chi connectivity index (χ3n) is 7.30. The van der Waals surface area contributed by atoms with E-state index in [4.69, 9.17) is 9.15 Å². The van der Waals surface area contributed by atoms with E-state index >= 15 is 0 Å². The lowest BCUT2D eigenvalue weighted by molar-refractivity contribution is -0.0858. The van der Waals surface area contributed by atoms with E-state index in [9.17, 15) is 13.2 Å². The second-order valence-electron chi connectivity index (χ2n) is 9.83. The maximum absolute atomic E-state index is 12.6. The van der Waals surface area contributed by atoms with Gasteiger partial charge in [-0.2, -0.15) is 0 Å². The van der Waals surface area contributed by atoms with Crippen LogP contribution in [-0.2, 0) is 29.5 Å². The molecule has 2 fully saturated rings. The van der Waals surface area contributed by atoms with Gasteiger partial charge in [0.15, 0.2) is 0 Å². The van der Waals surface area contributed by atoms with Gasteiger partial charge in [-0.1, -0.05) is 24.3 Å². The van der Waals surface area contributed by atoms with Crippen LogP contribution in [0.15, 0.2) is 45.8 Å². The number of hydrogen-bond acceptors (Lipinski definition) is 6. The van der Waals surface area contributed by atoms with Gasteiger partial charge in [-0.25, -0.2) is 12.7 Å². The minimum atomic E-state index is -3.09. The van der Waals surface area contributed by atoms with Crippen LogP contribution in [0, 0.1) is 11.3 Å². The topological polar surface area (TPSA) is 80.1 Å². The summed E-state index contributed by atoms with van der Waals surface area (Å²) >= 11 is 0. The van der Waals surface area contributed by atoms with Crippen molar-refractivity contribution >= 4 is 10.0 Å². The standard InChI is InChI=1S/C24H30N2O5S/c1-17(20-10-24(11-20)15-26(16-24)32(2,28)29)31-23-14-30-21(9-22(23)27)13-25-8-7-18-5-3-4-6-19(18)12-25/h3-6,9,14,17,20H,7-8,10-13,15-16H2,1-2H3. The van der Waals surface area contributed by atoms with Crippen molar-refractivity contribution in [2.24, 2.45) is 11.3 Å². The van der Waals surface area contributed by atoms with Crippen LogP contribution >= 0.6 is 0 Å². The molecular formula is C24H30N2O5S. The maximum Gasteiger partial charge on any atom is 0.227 e. The summed E-state index contributed by atoms with van der Waals surface area (Å²) in [6, 6.07) is 10.0. The molecular weight excluding hydrogens is 428 g/mol. The van der Waals surface area contributed by atoms with E-state index in [2.05, 4.69) is 29.2 Å². The van der Waals surface area contributed by atoms with Crippen molar-refractivity contribution in [1.29, 1.82) is 0 Å². The van der Waals surface area contributed by atoms with E-state index in [1.165, 1.54) is 28.0 Å². The molecule has 2 aliphatic heterocycles. The molecule has 1 saturated carbocycles. The van der Waals surface area contributed by atoms with Crippen molar-refractivity contribution in [2.75, 3.05) is 25.9 Å². The Balaban J connectivity index is 1.14.